The fourth-order valence-electron chi connectivity index (χ4n) is 0.984. The fraction of sp³-hybridized carbons (Fsp3) is 0.143. The van der Waals surface area contributed by atoms with Crippen LogP contribution in [0.2, 0.25) is 0 Å². The predicted octanol–water partition coefficient (Wildman–Crippen LogP) is -0.275. The van der Waals surface area contributed by atoms with Crippen LogP contribution in [0.4, 0.5) is 5.00 Å². The average Bonchev–Trinajstić information content (AvgIpc) is 2.56. The van der Waals surface area contributed by atoms with Gasteiger partial charge in [0.05, 0.1) is 12.9 Å². The highest BCUT2D eigenvalue weighted by atomic mass is 32.1. The minimum Gasteiger partial charge on any atom is -0.388 e. The number of hydrogen-bond donors (Lipinski definition) is 1. The second-order valence-electron chi connectivity index (χ2n) is 2.63. The maximum Gasteiger partial charge on any atom is 0.253 e. The first-order valence-corrected chi connectivity index (χ1v) is 4.62. The van der Waals surface area contributed by atoms with Gasteiger partial charge >= 0.3 is 0 Å². The monoisotopic (exact) mass is 209 g/mol. The smallest absolute Gasteiger partial charge is 0.253 e. The molecular formula is C7H7N5OS. The molecule has 2 heterocycles. The van der Waals surface area contributed by atoms with E-state index in [4.69, 9.17) is 5.73 Å². The molecule has 0 aromatic carbocycles. The summed E-state index contributed by atoms with van der Waals surface area (Å²) in [4.78, 5) is 15.1. The number of nitrogens with zero attached hydrogens (tertiary/aromatic N) is 4. The van der Waals surface area contributed by atoms with Gasteiger partial charge in [-0.2, -0.15) is 0 Å². The zero-order valence-corrected chi connectivity index (χ0v) is 7.94. The third-order valence-corrected chi connectivity index (χ3v) is 2.29. The normalized spacial score (nSPS) is 10.3. The maximum atomic E-state index is 11.3. The Morgan fingerprint density at radius 2 is 2.43 bits per heavy atom. The molecule has 0 saturated carbocycles. The molecular weight excluding hydrogens is 202 g/mol. The first-order chi connectivity index (χ1) is 6.77. The van der Waals surface area contributed by atoms with Gasteiger partial charge in [0.1, 0.15) is 10.7 Å². The van der Waals surface area contributed by atoms with Crippen molar-refractivity contribution >= 4 is 16.5 Å². The summed E-state index contributed by atoms with van der Waals surface area (Å²) in [6.45, 7) is 0.314. The highest BCUT2D eigenvalue weighted by Crippen LogP contribution is 2.12. The van der Waals surface area contributed by atoms with Gasteiger partial charge < -0.3 is 5.73 Å². The van der Waals surface area contributed by atoms with Crippen LogP contribution in [-0.4, -0.2) is 19.1 Å². The Morgan fingerprint density at radius 1 is 1.57 bits per heavy atom. The molecule has 0 bridgehead atoms. The van der Waals surface area contributed by atoms with E-state index >= 15 is 0 Å². The Hall–Kier alpha value is -1.76. The maximum absolute atomic E-state index is 11.3. The molecule has 2 N–H and O–H groups in total. The summed E-state index contributed by atoms with van der Waals surface area (Å²) in [6.07, 6.45) is 2.89. The molecule has 2 aromatic rings. The van der Waals surface area contributed by atoms with Crippen LogP contribution >= 0.6 is 11.5 Å². The number of anilines is 1. The highest BCUT2D eigenvalue weighted by Gasteiger charge is 2.05. The summed E-state index contributed by atoms with van der Waals surface area (Å²) in [5.41, 5.74) is 6.07. The lowest BCUT2D eigenvalue weighted by atomic mass is 10.4. The van der Waals surface area contributed by atoms with E-state index in [1.54, 1.807) is 0 Å². The van der Waals surface area contributed by atoms with Gasteiger partial charge in [0.25, 0.3) is 5.56 Å². The second kappa shape index (κ2) is 3.54. The van der Waals surface area contributed by atoms with E-state index in [1.807, 2.05) is 0 Å². The van der Waals surface area contributed by atoms with E-state index in [9.17, 15) is 4.79 Å². The van der Waals surface area contributed by atoms with Crippen LogP contribution in [0.15, 0.2) is 23.4 Å². The lowest BCUT2D eigenvalue weighted by molar-refractivity contribution is 0.717. The van der Waals surface area contributed by atoms with Crippen molar-refractivity contribution in [1.29, 1.82) is 0 Å². The average molecular weight is 209 g/mol. The quantitative estimate of drug-likeness (QED) is 0.735. The molecule has 0 saturated heterocycles. The first kappa shape index (κ1) is 8.82. The molecule has 7 heteroatoms. The first-order valence-electron chi connectivity index (χ1n) is 3.84. The molecule has 6 nitrogen and oxygen atoms in total. The van der Waals surface area contributed by atoms with Crippen LogP contribution in [0, 0.1) is 0 Å². The van der Waals surface area contributed by atoms with E-state index in [1.165, 1.54) is 23.2 Å². The van der Waals surface area contributed by atoms with Crippen LogP contribution in [-0.2, 0) is 6.54 Å². The molecule has 0 radical (unpaired) electrons. The Labute approximate surface area is 83.2 Å². The van der Waals surface area contributed by atoms with Gasteiger partial charge in [0.2, 0.25) is 0 Å². The van der Waals surface area contributed by atoms with E-state index < -0.39 is 0 Å². The number of aromatic nitrogens is 4. The van der Waals surface area contributed by atoms with Crippen molar-refractivity contribution in [1.82, 2.24) is 19.1 Å². The lowest BCUT2D eigenvalue weighted by Gasteiger charge is -2.00. The second-order valence-corrected chi connectivity index (χ2v) is 3.42. The molecule has 0 aliphatic carbocycles. The summed E-state index contributed by atoms with van der Waals surface area (Å²) in [5, 5.41) is 4.34. The van der Waals surface area contributed by atoms with Crippen molar-refractivity contribution in [3.8, 4) is 0 Å². The van der Waals surface area contributed by atoms with Gasteiger partial charge in [-0.15, -0.1) is 5.10 Å². The van der Waals surface area contributed by atoms with Crippen molar-refractivity contribution in [2.24, 2.45) is 0 Å². The van der Waals surface area contributed by atoms with Crippen LogP contribution in [0.25, 0.3) is 0 Å². The molecule has 0 unspecified atom stereocenters. The van der Waals surface area contributed by atoms with Crippen molar-refractivity contribution in [3.05, 3.63) is 34.6 Å². The molecule has 0 aliphatic rings. The number of hydrogen-bond acceptors (Lipinski definition) is 6. The molecule has 0 aliphatic heterocycles. The van der Waals surface area contributed by atoms with E-state index in [2.05, 4.69) is 14.6 Å². The van der Waals surface area contributed by atoms with Crippen molar-refractivity contribution in [2.45, 2.75) is 6.54 Å². The van der Waals surface area contributed by atoms with Crippen LogP contribution in [0.5, 0.6) is 0 Å². The van der Waals surface area contributed by atoms with Gasteiger partial charge in [-0.05, 0) is 0 Å². The van der Waals surface area contributed by atoms with E-state index in [0.29, 0.717) is 17.2 Å². The molecule has 72 valence electrons. The van der Waals surface area contributed by atoms with E-state index in [0.717, 1.165) is 11.5 Å². The molecule has 0 fully saturated rings. The zero-order chi connectivity index (χ0) is 9.97. The Morgan fingerprint density at radius 3 is 3.07 bits per heavy atom. The number of nitrogen functional groups attached to an aromatic ring is 1. The SMILES string of the molecule is Nc1snnc1Cn1cnccc1=O. The Bertz CT molecular complexity index is 491. The third kappa shape index (κ3) is 1.62. The number of nitrogens with two attached hydrogens (primary N) is 1. The zero-order valence-electron chi connectivity index (χ0n) is 7.12. The molecule has 14 heavy (non-hydrogen) atoms. The lowest BCUT2D eigenvalue weighted by Crippen LogP contribution is -2.19. The van der Waals surface area contributed by atoms with Crippen LogP contribution in [0.1, 0.15) is 5.69 Å². The summed E-state index contributed by atoms with van der Waals surface area (Å²) >= 11 is 1.11. The minimum atomic E-state index is -0.132. The molecule has 2 aromatic heterocycles. The summed E-state index contributed by atoms with van der Waals surface area (Å²) < 4.78 is 5.10. The largest absolute Gasteiger partial charge is 0.388 e. The standard InChI is InChI=1S/C7H7N5OS/c8-7-5(10-11-14-7)3-12-4-9-2-1-6(12)13/h1-2,4H,3,8H2. The molecule has 0 spiro atoms. The van der Waals surface area contributed by atoms with Crippen molar-refractivity contribution in [2.75, 3.05) is 5.73 Å². The molecule has 0 atom stereocenters. The van der Waals surface area contributed by atoms with Crippen LogP contribution in [0.3, 0.4) is 0 Å². The summed E-state index contributed by atoms with van der Waals surface area (Å²) in [6, 6.07) is 1.38. The topological polar surface area (TPSA) is 86.7 Å². The van der Waals surface area contributed by atoms with Crippen LogP contribution < -0.4 is 11.3 Å². The van der Waals surface area contributed by atoms with Gasteiger partial charge in [-0.1, -0.05) is 4.49 Å². The Balaban J connectivity index is 2.32. The van der Waals surface area contributed by atoms with Crippen molar-refractivity contribution < 1.29 is 0 Å². The van der Waals surface area contributed by atoms with Gasteiger partial charge in [0.15, 0.2) is 0 Å². The van der Waals surface area contributed by atoms with Gasteiger partial charge in [-0.3, -0.25) is 9.36 Å². The summed E-state index contributed by atoms with van der Waals surface area (Å²) in [7, 11) is 0. The molecule has 0 amide bonds. The van der Waals surface area contributed by atoms with Gasteiger partial charge in [-0.25, -0.2) is 4.98 Å². The molecule has 2 rings (SSSR count). The Kier molecular flexibility index (Phi) is 2.23. The number of rotatable bonds is 2. The highest BCUT2D eigenvalue weighted by molar-refractivity contribution is 7.09. The van der Waals surface area contributed by atoms with E-state index in [-0.39, 0.29) is 5.56 Å². The third-order valence-electron chi connectivity index (χ3n) is 1.70. The summed E-state index contributed by atoms with van der Waals surface area (Å²) in [5.74, 6) is 0. The predicted molar refractivity (Wildman–Crippen MR) is 51.9 cm³/mol. The van der Waals surface area contributed by atoms with Gasteiger partial charge in [0, 0.05) is 23.8 Å². The minimum absolute atomic E-state index is 0.132. The fourth-order valence-corrected chi connectivity index (χ4v) is 1.42. The van der Waals surface area contributed by atoms with Crippen molar-refractivity contribution in [3.63, 3.8) is 0 Å².